The molecule has 2 aliphatic rings. The van der Waals surface area contributed by atoms with E-state index in [0.717, 1.165) is 18.4 Å². The maximum Gasteiger partial charge on any atom is 0.233 e. The molecule has 4 heteroatoms. The topological polar surface area (TPSA) is 49.8 Å². The van der Waals surface area contributed by atoms with E-state index in [-0.39, 0.29) is 24.0 Å². The Kier molecular flexibility index (Phi) is 3.54. The standard InChI is InChI=1S/C17H23NO3/c1-16(2)12-18(10-14(11-19)21-16)15(20)17(8-9-17)13-6-4-3-5-7-13/h3-7,14,19H,8-12H2,1-2H3. The molecule has 1 saturated carbocycles. The second-order valence-corrected chi connectivity index (χ2v) is 6.82. The van der Waals surface area contributed by atoms with Crippen LogP contribution in [-0.4, -0.2) is 47.3 Å². The predicted octanol–water partition coefficient (Wildman–Crippen LogP) is 1.72. The Morgan fingerprint density at radius 3 is 2.57 bits per heavy atom. The third kappa shape index (κ3) is 2.70. The average molecular weight is 289 g/mol. The van der Waals surface area contributed by atoms with Crippen LogP contribution in [0.15, 0.2) is 30.3 Å². The molecule has 1 saturated heterocycles. The lowest BCUT2D eigenvalue weighted by Crippen LogP contribution is -2.57. The fourth-order valence-corrected chi connectivity index (χ4v) is 3.36. The van der Waals surface area contributed by atoms with Gasteiger partial charge < -0.3 is 14.7 Å². The molecule has 1 aliphatic heterocycles. The molecule has 0 bridgehead atoms. The summed E-state index contributed by atoms with van der Waals surface area (Å²) in [6.07, 6.45) is 1.54. The minimum absolute atomic E-state index is 0.0501. The Morgan fingerprint density at radius 2 is 2.00 bits per heavy atom. The van der Waals surface area contributed by atoms with Crippen LogP contribution < -0.4 is 0 Å². The number of ether oxygens (including phenoxy) is 1. The van der Waals surface area contributed by atoms with Crippen molar-refractivity contribution in [2.75, 3.05) is 19.7 Å². The number of benzene rings is 1. The molecule has 21 heavy (non-hydrogen) atoms. The normalized spacial score (nSPS) is 26.4. The first-order valence-corrected chi connectivity index (χ1v) is 7.60. The Bertz CT molecular complexity index is 522. The second kappa shape index (κ2) is 5.11. The molecule has 1 unspecified atom stereocenters. The number of aliphatic hydroxyl groups excluding tert-OH is 1. The summed E-state index contributed by atoms with van der Waals surface area (Å²) in [6.45, 7) is 4.95. The Balaban J connectivity index is 1.82. The monoisotopic (exact) mass is 289 g/mol. The Morgan fingerprint density at radius 1 is 1.33 bits per heavy atom. The van der Waals surface area contributed by atoms with Gasteiger partial charge in [0.2, 0.25) is 5.91 Å². The number of nitrogens with zero attached hydrogens (tertiary/aromatic N) is 1. The van der Waals surface area contributed by atoms with Crippen molar-refractivity contribution in [3.05, 3.63) is 35.9 Å². The summed E-state index contributed by atoms with van der Waals surface area (Å²) in [5.74, 6) is 0.184. The molecule has 114 valence electrons. The number of carbonyl (C=O) groups is 1. The molecule has 1 aliphatic carbocycles. The smallest absolute Gasteiger partial charge is 0.233 e. The van der Waals surface area contributed by atoms with Crippen LogP contribution in [0.5, 0.6) is 0 Å². The maximum absolute atomic E-state index is 13.0. The second-order valence-electron chi connectivity index (χ2n) is 6.82. The number of hydrogen-bond donors (Lipinski definition) is 1. The molecule has 4 nitrogen and oxygen atoms in total. The van der Waals surface area contributed by atoms with Crippen molar-refractivity contribution < 1.29 is 14.6 Å². The molecule has 2 fully saturated rings. The van der Waals surface area contributed by atoms with Gasteiger partial charge in [0, 0.05) is 13.1 Å². The molecular formula is C17H23NO3. The minimum Gasteiger partial charge on any atom is -0.394 e. The van der Waals surface area contributed by atoms with Crippen LogP contribution in [0, 0.1) is 0 Å². The summed E-state index contributed by atoms with van der Waals surface area (Å²) in [6, 6.07) is 10.0. The fourth-order valence-electron chi connectivity index (χ4n) is 3.36. The van der Waals surface area contributed by atoms with Crippen molar-refractivity contribution in [2.45, 2.75) is 43.8 Å². The molecule has 1 amide bonds. The van der Waals surface area contributed by atoms with E-state index in [4.69, 9.17) is 4.74 Å². The molecule has 1 aromatic rings. The first-order chi connectivity index (χ1) is 9.97. The highest BCUT2D eigenvalue weighted by Gasteiger charge is 2.54. The molecule has 0 aromatic heterocycles. The van der Waals surface area contributed by atoms with Gasteiger partial charge in [0.15, 0.2) is 0 Å². The van der Waals surface area contributed by atoms with Gasteiger partial charge in [-0.3, -0.25) is 4.79 Å². The van der Waals surface area contributed by atoms with Gasteiger partial charge in [-0.25, -0.2) is 0 Å². The van der Waals surface area contributed by atoms with Crippen LogP contribution >= 0.6 is 0 Å². The lowest BCUT2D eigenvalue weighted by molar-refractivity contribution is -0.168. The molecule has 1 N–H and O–H groups in total. The first-order valence-electron chi connectivity index (χ1n) is 7.60. The summed E-state index contributed by atoms with van der Waals surface area (Å²) in [5.41, 5.74) is 0.364. The molecule has 3 rings (SSSR count). The minimum atomic E-state index is -0.409. The van der Waals surface area contributed by atoms with Crippen molar-refractivity contribution in [1.29, 1.82) is 0 Å². The van der Waals surface area contributed by atoms with Crippen LogP contribution in [0.2, 0.25) is 0 Å². The summed E-state index contributed by atoms with van der Waals surface area (Å²) in [4.78, 5) is 14.9. The van der Waals surface area contributed by atoms with Crippen LogP contribution in [0.1, 0.15) is 32.3 Å². The van der Waals surface area contributed by atoms with Crippen molar-refractivity contribution >= 4 is 5.91 Å². The van der Waals surface area contributed by atoms with E-state index in [0.29, 0.717) is 13.1 Å². The van der Waals surface area contributed by atoms with E-state index >= 15 is 0 Å². The summed E-state index contributed by atoms with van der Waals surface area (Å²) < 4.78 is 5.80. The van der Waals surface area contributed by atoms with Crippen LogP contribution in [0.3, 0.4) is 0 Å². The molecule has 0 radical (unpaired) electrons. The zero-order chi connectivity index (χ0) is 15.1. The number of morpholine rings is 1. The molecular weight excluding hydrogens is 266 g/mol. The zero-order valence-corrected chi connectivity index (χ0v) is 12.7. The lowest BCUT2D eigenvalue weighted by atomic mass is 9.93. The van der Waals surface area contributed by atoms with E-state index in [1.54, 1.807) is 0 Å². The van der Waals surface area contributed by atoms with Gasteiger partial charge in [-0.05, 0) is 32.3 Å². The van der Waals surface area contributed by atoms with E-state index < -0.39 is 5.60 Å². The molecule has 0 spiro atoms. The Labute approximate surface area is 125 Å². The molecule has 1 heterocycles. The fraction of sp³-hybridized carbons (Fsp3) is 0.588. The lowest BCUT2D eigenvalue weighted by Gasteiger charge is -2.43. The predicted molar refractivity (Wildman–Crippen MR) is 80.0 cm³/mol. The highest BCUT2D eigenvalue weighted by atomic mass is 16.5. The van der Waals surface area contributed by atoms with Crippen molar-refractivity contribution in [3.8, 4) is 0 Å². The van der Waals surface area contributed by atoms with E-state index in [1.807, 2.05) is 49.1 Å². The number of carbonyl (C=O) groups excluding carboxylic acids is 1. The largest absolute Gasteiger partial charge is 0.394 e. The quantitative estimate of drug-likeness (QED) is 0.921. The zero-order valence-electron chi connectivity index (χ0n) is 12.7. The van der Waals surface area contributed by atoms with E-state index in [9.17, 15) is 9.90 Å². The van der Waals surface area contributed by atoms with Gasteiger partial charge in [-0.1, -0.05) is 30.3 Å². The highest BCUT2D eigenvalue weighted by molar-refractivity contribution is 5.91. The van der Waals surface area contributed by atoms with Crippen molar-refractivity contribution in [2.24, 2.45) is 0 Å². The van der Waals surface area contributed by atoms with Gasteiger partial charge in [-0.15, -0.1) is 0 Å². The Hall–Kier alpha value is -1.39. The van der Waals surface area contributed by atoms with Crippen LogP contribution in [0.25, 0.3) is 0 Å². The number of rotatable bonds is 3. The SMILES string of the molecule is CC1(C)CN(C(=O)C2(c3ccccc3)CC2)CC(CO)O1. The summed E-state index contributed by atoms with van der Waals surface area (Å²) >= 11 is 0. The van der Waals surface area contributed by atoms with Crippen LogP contribution in [-0.2, 0) is 14.9 Å². The van der Waals surface area contributed by atoms with Gasteiger partial charge in [0.25, 0.3) is 0 Å². The van der Waals surface area contributed by atoms with Crippen molar-refractivity contribution in [3.63, 3.8) is 0 Å². The van der Waals surface area contributed by atoms with Crippen LogP contribution in [0.4, 0.5) is 0 Å². The number of amides is 1. The van der Waals surface area contributed by atoms with Gasteiger partial charge in [0.05, 0.1) is 23.7 Å². The third-order valence-corrected chi connectivity index (χ3v) is 4.46. The van der Waals surface area contributed by atoms with Gasteiger partial charge >= 0.3 is 0 Å². The van der Waals surface area contributed by atoms with E-state index in [2.05, 4.69) is 0 Å². The third-order valence-electron chi connectivity index (χ3n) is 4.46. The average Bonchev–Trinajstić information content (AvgIpc) is 3.27. The maximum atomic E-state index is 13.0. The summed E-state index contributed by atoms with van der Waals surface area (Å²) in [5, 5.41) is 9.40. The molecule has 1 atom stereocenters. The van der Waals surface area contributed by atoms with Gasteiger partial charge in [0.1, 0.15) is 0 Å². The first kappa shape index (κ1) is 14.5. The van der Waals surface area contributed by atoms with E-state index in [1.165, 1.54) is 0 Å². The number of hydrogen-bond acceptors (Lipinski definition) is 3. The van der Waals surface area contributed by atoms with Crippen molar-refractivity contribution in [1.82, 2.24) is 4.90 Å². The van der Waals surface area contributed by atoms with Gasteiger partial charge in [-0.2, -0.15) is 0 Å². The highest BCUT2D eigenvalue weighted by Crippen LogP contribution is 2.50. The summed E-state index contributed by atoms with van der Waals surface area (Å²) in [7, 11) is 0. The number of aliphatic hydroxyl groups is 1. The molecule has 1 aromatic carbocycles.